The SMILES string of the molecule is CN(C)CCN(C[C@H]1CCCN(Cc2ccccc2F)C1)C(=O)c1csnn1. The van der Waals surface area contributed by atoms with Gasteiger partial charge in [0.25, 0.3) is 5.91 Å². The number of halogens is 1. The zero-order valence-corrected chi connectivity index (χ0v) is 17.4. The summed E-state index contributed by atoms with van der Waals surface area (Å²) < 4.78 is 17.8. The Bertz CT molecular complexity index is 755. The second-order valence-electron chi connectivity index (χ2n) is 7.68. The molecule has 152 valence electrons. The Balaban J connectivity index is 1.62. The van der Waals surface area contributed by atoms with Crippen molar-refractivity contribution in [1.29, 1.82) is 0 Å². The summed E-state index contributed by atoms with van der Waals surface area (Å²) in [5, 5.41) is 5.65. The van der Waals surface area contributed by atoms with E-state index in [9.17, 15) is 9.18 Å². The Hall–Kier alpha value is -1.90. The summed E-state index contributed by atoms with van der Waals surface area (Å²) in [7, 11) is 4.01. The van der Waals surface area contributed by atoms with Crippen LogP contribution in [0.3, 0.4) is 0 Å². The summed E-state index contributed by atoms with van der Waals surface area (Å²) >= 11 is 1.20. The first-order valence-corrected chi connectivity index (χ1v) is 10.5. The molecule has 2 aromatic rings. The molecule has 0 radical (unpaired) electrons. The smallest absolute Gasteiger partial charge is 0.275 e. The Morgan fingerprint density at radius 3 is 2.86 bits per heavy atom. The van der Waals surface area contributed by atoms with Crippen molar-refractivity contribution >= 4 is 17.4 Å². The lowest BCUT2D eigenvalue weighted by Crippen LogP contribution is -2.44. The minimum absolute atomic E-state index is 0.0539. The molecule has 6 nitrogen and oxygen atoms in total. The first-order valence-electron chi connectivity index (χ1n) is 9.69. The van der Waals surface area contributed by atoms with E-state index in [-0.39, 0.29) is 11.7 Å². The van der Waals surface area contributed by atoms with Crippen molar-refractivity contribution in [2.45, 2.75) is 19.4 Å². The van der Waals surface area contributed by atoms with Crippen LogP contribution in [0.25, 0.3) is 0 Å². The van der Waals surface area contributed by atoms with E-state index in [0.717, 1.165) is 38.0 Å². The molecule has 1 atom stereocenters. The van der Waals surface area contributed by atoms with E-state index >= 15 is 0 Å². The number of likely N-dealkylation sites (tertiary alicyclic amines) is 1. The molecule has 1 saturated heterocycles. The van der Waals surface area contributed by atoms with Crippen molar-refractivity contribution in [3.05, 3.63) is 46.7 Å². The van der Waals surface area contributed by atoms with Crippen LogP contribution >= 0.6 is 11.5 Å². The van der Waals surface area contributed by atoms with Gasteiger partial charge in [-0.1, -0.05) is 22.7 Å². The molecule has 1 aliphatic rings. The van der Waals surface area contributed by atoms with Crippen molar-refractivity contribution in [2.24, 2.45) is 5.92 Å². The number of amides is 1. The molecule has 3 rings (SSSR count). The molecule has 0 saturated carbocycles. The molecule has 1 aliphatic heterocycles. The molecule has 1 aromatic heterocycles. The van der Waals surface area contributed by atoms with Crippen LogP contribution in [0.15, 0.2) is 29.6 Å². The van der Waals surface area contributed by atoms with E-state index in [2.05, 4.69) is 19.4 Å². The van der Waals surface area contributed by atoms with Crippen molar-refractivity contribution in [3.63, 3.8) is 0 Å². The van der Waals surface area contributed by atoms with Crippen molar-refractivity contribution < 1.29 is 9.18 Å². The average Bonchev–Trinajstić information content (AvgIpc) is 3.21. The number of piperidine rings is 1. The maximum Gasteiger partial charge on any atom is 0.275 e. The first-order chi connectivity index (χ1) is 13.5. The lowest BCUT2D eigenvalue weighted by atomic mass is 9.96. The molecule has 8 heteroatoms. The Kier molecular flexibility index (Phi) is 7.47. The third kappa shape index (κ3) is 5.80. The fourth-order valence-corrected chi connectivity index (χ4v) is 4.07. The summed E-state index contributed by atoms with van der Waals surface area (Å²) in [5.74, 6) is 0.170. The van der Waals surface area contributed by atoms with Crippen LogP contribution in [0.1, 0.15) is 28.9 Å². The third-order valence-corrected chi connectivity index (χ3v) is 5.62. The van der Waals surface area contributed by atoms with Crippen molar-refractivity contribution in [1.82, 2.24) is 24.3 Å². The van der Waals surface area contributed by atoms with E-state index < -0.39 is 0 Å². The van der Waals surface area contributed by atoms with Gasteiger partial charge in [-0.3, -0.25) is 9.69 Å². The Morgan fingerprint density at radius 2 is 2.14 bits per heavy atom. The van der Waals surface area contributed by atoms with E-state index in [4.69, 9.17) is 0 Å². The van der Waals surface area contributed by atoms with Crippen LogP contribution in [0, 0.1) is 11.7 Å². The van der Waals surface area contributed by atoms with Crippen LogP contribution < -0.4 is 0 Å². The normalized spacial score (nSPS) is 17.8. The predicted molar refractivity (Wildman–Crippen MR) is 109 cm³/mol. The van der Waals surface area contributed by atoms with Gasteiger partial charge in [-0.05, 0) is 57.0 Å². The van der Waals surface area contributed by atoms with Crippen LogP contribution in [-0.4, -0.2) is 77.0 Å². The van der Waals surface area contributed by atoms with Gasteiger partial charge < -0.3 is 9.80 Å². The molecule has 0 aliphatic carbocycles. The van der Waals surface area contributed by atoms with Gasteiger partial charge in [-0.2, -0.15) is 0 Å². The van der Waals surface area contributed by atoms with Crippen molar-refractivity contribution in [2.75, 3.05) is 46.8 Å². The standard InChI is InChI=1S/C20H28FN5OS/c1-24(2)10-11-26(20(27)19-15-28-23-22-19)13-16-6-5-9-25(12-16)14-17-7-3-4-8-18(17)21/h3-4,7-8,15-16H,5-6,9-14H2,1-2H3/t16-/m0/s1. The largest absolute Gasteiger partial charge is 0.336 e. The molecule has 1 aromatic carbocycles. The van der Waals surface area contributed by atoms with Gasteiger partial charge in [0.15, 0.2) is 5.69 Å². The summed E-state index contributed by atoms with van der Waals surface area (Å²) in [6, 6.07) is 6.96. The minimum atomic E-state index is -0.150. The van der Waals surface area contributed by atoms with Crippen LogP contribution in [0.4, 0.5) is 4.39 Å². The average molecular weight is 406 g/mol. The molecule has 1 fully saturated rings. The van der Waals surface area contributed by atoms with E-state index in [1.165, 1.54) is 17.6 Å². The van der Waals surface area contributed by atoms with Crippen LogP contribution in [0.2, 0.25) is 0 Å². The maximum absolute atomic E-state index is 14.0. The van der Waals surface area contributed by atoms with E-state index in [0.29, 0.717) is 31.2 Å². The first kappa shape index (κ1) is 20.8. The third-order valence-electron chi connectivity index (χ3n) is 5.12. The van der Waals surface area contributed by atoms with E-state index in [1.54, 1.807) is 11.4 Å². The summed E-state index contributed by atoms with van der Waals surface area (Å²) in [6.45, 7) is 4.60. The van der Waals surface area contributed by atoms with Gasteiger partial charge in [0.2, 0.25) is 0 Å². The number of aromatic nitrogens is 2. The van der Waals surface area contributed by atoms with E-state index in [1.807, 2.05) is 31.1 Å². The lowest BCUT2D eigenvalue weighted by molar-refractivity contribution is 0.0654. The minimum Gasteiger partial charge on any atom is -0.336 e. The highest BCUT2D eigenvalue weighted by Crippen LogP contribution is 2.21. The molecule has 0 spiro atoms. The number of rotatable bonds is 8. The summed E-state index contributed by atoms with van der Waals surface area (Å²) in [4.78, 5) is 19.1. The number of carbonyl (C=O) groups is 1. The second-order valence-corrected chi connectivity index (χ2v) is 8.29. The van der Waals surface area contributed by atoms with Gasteiger partial charge in [-0.15, -0.1) is 5.10 Å². The Labute approximate surface area is 170 Å². The molecule has 1 amide bonds. The highest BCUT2D eigenvalue weighted by molar-refractivity contribution is 7.03. The number of hydrogen-bond acceptors (Lipinski definition) is 6. The van der Waals surface area contributed by atoms with Crippen LogP contribution in [-0.2, 0) is 6.54 Å². The number of likely N-dealkylation sites (N-methyl/N-ethyl adjacent to an activating group) is 1. The molecular weight excluding hydrogens is 377 g/mol. The highest BCUT2D eigenvalue weighted by atomic mass is 32.1. The lowest BCUT2D eigenvalue weighted by Gasteiger charge is -2.36. The fourth-order valence-electron chi connectivity index (χ4n) is 3.64. The Morgan fingerprint density at radius 1 is 1.32 bits per heavy atom. The van der Waals surface area contributed by atoms with Gasteiger partial charge in [0, 0.05) is 43.7 Å². The second kappa shape index (κ2) is 10.0. The zero-order valence-electron chi connectivity index (χ0n) is 16.6. The highest BCUT2D eigenvalue weighted by Gasteiger charge is 2.26. The number of carbonyl (C=O) groups excluding carboxylic acids is 1. The molecule has 28 heavy (non-hydrogen) atoms. The topological polar surface area (TPSA) is 52.6 Å². The van der Waals surface area contributed by atoms with Gasteiger partial charge >= 0.3 is 0 Å². The van der Waals surface area contributed by atoms with Crippen molar-refractivity contribution in [3.8, 4) is 0 Å². The molecule has 0 bridgehead atoms. The molecular formula is C20H28FN5OS. The van der Waals surface area contributed by atoms with Crippen LogP contribution in [0.5, 0.6) is 0 Å². The predicted octanol–water partition coefficient (Wildman–Crippen LogP) is 2.59. The number of hydrogen-bond donors (Lipinski definition) is 0. The van der Waals surface area contributed by atoms with Gasteiger partial charge in [0.05, 0.1) is 0 Å². The van der Waals surface area contributed by atoms with Gasteiger partial charge in [0.1, 0.15) is 5.82 Å². The summed E-state index contributed by atoms with van der Waals surface area (Å²) in [5.41, 5.74) is 1.15. The molecule has 0 unspecified atom stereocenters. The van der Waals surface area contributed by atoms with Gasteiger partial charge in [-0.25, -0.2) is 4.39 Å². The maximum atomic E-state index is 14.0. The zero-order chi connectivity index (χ0) is 19.9. The number of nitrogens with zero attached hydrogens (tertiary/aromatic N) is 5. The monoisotopic (exact) mass is 405 g/mol. The molecule has 2 heterocycles. The number of benzene rings is 1. The molecule has 0 N–H and O–H groups in total. The fraction of sp³-hybridized carbons (Fsp3) is 0.550. The summed E-state index contributed by atoms with van der Waals surface area (Å²) in [6.07, 6.45) is 2.14. The quantitative estimate of drug-likeness (QED) is 0.676.